The van der Waals surface area contributed by atoms with Gasteiger partial charge in [0.05, 0.1) is 5.69 Å². The Balaban J connectivity index is 2.11. The summed E-state index contributed by atoms with van der Waals surface area (Å²) in [4.78, 5) is 4.91. The summed E-state index contributed by atoms with van der Waals surface area (Å²) in [5, 5.41) is 0. The number of nitrogens with zero attached hydrogens (tertiary/aromatic N) is 2. The van der Waals surface area contributed by atoms with Crippen molar-refractivity contribution in [3.8, 4) is 0 Å². The third-order valence-electron chi connectivity index (χ3n) is 4.32. The van der Waals surface area contributed by atoms with E-state index < -0.39 is 0 Å². The zero-order valence-corrected chi connectivity index (χ0v) is 10.7. The summed E-state index contributed by atoms with van der Waals surface area (Å²) in [7, 11) is 0. The van der Waals surface area contributed by atoms with Gasteiger partial charge in [0.15, 0.2) is 0 Å². The molecule has 0 saturated heterocycles. The first-order chi connectivity index (χ1) is 7.66. The first-order valence-electron chi connectivity index (χ1n) is 6.76. The molecule has 2 nitrogen and oxygen atoms in total. The molecule has 3 unspecified atom stereocenters. The van der Waals surface area contributed by atoms with E-state index in [4.69, 9.17) is 4.98 Å². The normalized spacial score (nSPS) is 33.3. The van der Waals surface area contributed by atoms with Crippen molar-refractivity contribution in [2.45, 2.75) is 64.8 Å². The van der Waals surface area contributed by atoms with Gasteiger partial charge in [-0.15, -0.1) is 0 Å². The van der Waals surface area contributed by atoms with Gasteiger partial charge in [0.2, 0.25) is 0 Å². The van der Waals surface area contributed by atoms with E-state index in [0.717, 1.165) is 5.92 Å². The van der Waals surface area contributed by atoms with Gasteiger partial charge >= 0.3 is 0 Å². The van der Waals surface area contributed by atoms with Crippen LogP contribution in [0.15, 0.2) is 0 Å². The van der Waals surface area contributed by atoms with Gasteiger partial charge in [-0.2, -0.15) is 0 Å². The van der Waals surface area contributed by atoms with E-state index in [2.05, 4.69) is 25.3 Å². The number of hydrogen-bond acceptors (Lipinski definition) is 1. The second-order valence-electron chi connectivity index (χ2n) is 5.92. The highest BCUT2D eigenvalue weighted by Crippen LogP contribution is 2.38. The van der Waals surface area contributed by atoms with Crippen LogP contribution in [0.25, 0.3) is 0 Å². The topological polar surface area (TPSA) is 17.8 Å². The van der Waals surface area contributed by atoms with E-state index in [1.54, 1.807) is 5.69 Å². The van der Waals surface area contributed by atoms with E-state index in [1.807, 2.05) is 0 Å². The third-order valence-corrected chi connectivity index (χ3v) is 4.32. The van der Waals surface area contributed by atoms with Crippen LogP contribution in [-0.4, -0.2) is 9.55 Å². The molecule has 0 saturated carbocycles. The smallest absolute Gasteiger partial charge is 0.109 e. The highest BCUT2D eigenvalue weighted by molar-refractivity contribution is 5.26. The fourth-order valence-electron chi connectivity index (χ4n) is 3.70. The molecular formula is C14H22N2. The minimum Gasteiger partial charge on any atom is -0.329 e. The lowest BCUT2D eigenvalue weighted by Gasteiger charge is -2.29. The zero-order valence-electron chi connectivity index (χ0n) is 10.7. The molecule has 0 aromatic carbocycles. The van der Waals surface area contributed by atoms with Gasteiger partial charge in [0, 0.05) is 18.2 Å². The van der Waals surface area contributed by atoms with Gasteiger partial charge in [-0.1, -0.05) is 13.8 Å². The molecule has 2 heterocycles. The van der Waals surface area contributed by atoms with Crippen molar-refractivity contribution in [1.29, 1.82) is 0 Å². The van der Waals surface area contributed by atoms with E-state index >= 15 is 0 Å². The lowest BCUT2D eigenvalue weighted by atomic mass is 9.84. The molecule has 3 rings (SSSR count). The third kappa shape index (κ3) is 1.42. The lowest BCUT2D eigenvalue weighted by Crippen LogP contribution is -2.22. The number of imidazole rings is 1. The van der Waals surface area contributed by atoms with Crippen molar-refractivity contribution < 1.29 is 0 Å². The van der Waals surface area contributed by atoms with E-state index in [9.17, 15) is 0 Å². The highest BCUT2D eigenvalue weighted by Gasteiger charge is 2.31. The maximum Gasteiger partial charge on any atom is 0.109 e. The standard InChI is InChI=1S/C14H22N2/c1-9-7-10(2)14-12(8-9)15-13-6-4-5-11(3)16(13)14/h9-11H,4-8H2,1-3H3. The van der Waals surface area contributed by atoms with Gasteiger partial charge in [-0.05, 0) is 44.4 Å². The van der Waals surface area contributed by atoms with E-state index in [-0.39, 0.29) is 0 Å². The Kier molecular flexibility index (Phi) is 2.34. The molecule has 1 aliphatic carbocycles. The van der Waals surface area contributed by atoms with Crippen molar-refractivity contribution >= 4 is 0 Å². The summed E-state index contributed by atoms with van der Waals surface area (Å²) in [6.07, 6.45) is 6.38. The van der Waals surface area contributed by atoms with Crippen LogP contribution < -0.4 is 0 Å². The molecule has 2 aliphatic rings. The Morgan fingerprint density at radius 1 is 1.25 bits per heavy atom. The molecule has 16 heavy (non-hydrogen) atoms. The molecule has 1 aromatic rings. The average Bonchev–Trinajstić information content (AvgIpc) is 2.56. The first-order valence-corrected chi connectivity index (χ1v) is 6.76. The molecule has 88 valence electrons. The summed E-state index contributed by atoms with van der Waals surface area (Å²) in [5.41, 5.74) is 2.98. The summed E-state index contributed by atoms with van der Waals surface area (Å²) >= 11 is 0. The molecule has 0 amide bonds. The van der Waals surface area contributed by atoms with Crippen molar-refractivity contribution in [2.75, 3.05) is 0 Å². The molecule has 3 atom stereocenters. The molecule has 0 radical (unpaired) electrons. The van der Waals surface area contributed by atoms with Gasteiger partial charge in [0.1, 0.15) is 5.82 Å². The van der Waals surface area contributed by atoms with Crippen LogP contribution in [0.3, 0.4) is 0 Å². The van der Waals surface area contributed by atoms with Crippen LogP contribution in [0, 0.1) is 5.92 Å². The Morgan fingerprint density at radius 2 is 2.06 bits per heavy atom. The fraction of sp³-hybridized carbons (Fsp3) is 0.786. The van der Waals surface area contributed by atoms with Crippen molar-refractivity contribution in [3.63, 3.8) is 0 Å². The minimum absolute atomic E-state index is 0.677. The van der Waals surface area contributed by atoms with Gasteiger partial charge in [-0.3, -0.25) is 0 Å². The summed E-state index contributed by atoms with van der Waals surface area (Å²) in [5.74, 6) is 2.89. The molecule has 0 bridgehead atoms. The molecular weight excluding hydrogens is 196 g/mol. The first kappa shape index (κ1) is 10.4. The number of hydrogen-bond donors (Lipinski definition) is 0. The lowest BCUT2D eigenvalue weighted by molar-refractivity contribution is 0.380. The number of aromatic nitrogens is 2. The molecule has 2 heteroatoms. The second-order valence-corrected chi connectivity index (χ2v) is 5.92. The van der Waals surface area contributed by atoms with Gasteiger partial charge < -0.3 is 4.57 Å². The van der Waals surface area contributed by atoms with Crippen molar-refractivity contribution in [2.24, 2.45) is 5.92 Å². The molecule has 0 fully saturated rings. The summed E-state index contributed by atoms with van der Waals surface area (Å²) in [6, 6.07) is 0.677. The van der Waals surface area contributed by atoms with Gasteiger partial charge in [-0.25, -0.2) is 4.98 Å². The number of aryl methyl sites for hydroxylation is 1. The second kappa shape index (κ2) is 3.61. The van der Waals surface area contributed by atoms with Crippen molar-refractivity contribution in [3.05, 3.63) is 17.2 Å². The van der Waals surface area contributed by atoms with Crippen LogP contribution in [-0.2, 0) is 12.8 Å². The van der Waals surface area contributed by atoms with E-state index in [0.29, 0.717) is 12.0 Å². The average molecular weight is 218 g/mol. The maximum atomic E-state index is 4.91. The fourth-order valence-corrected chi connectivity index (χ4v) is 3.70. The predicted octanol–water partition coefficient (Wildman–Crippen LogP) is 3.47. The zero-order chi connectivity index (χ0) is 11.3. The predicted molar refractivity (Wildman–Crippen MR) is 65.8 cm³/mol. The maximum absolute atomic E-state index is 4.91. The Labute approximate surface area is 98.1 Å². The molecule has 0 N–H and O–H groups in total. The molecule has 1 aromatic heterocycles. The molecule has 1 aliphatic heterocycles. The minimum atomic E-state index is 0.677. The Hall–Kier alpha value is -0.790. The largest absolute Gasteiger partial charge is 0.329 e. The summed E-state index contributed by atoms with van der Waals surface area (Å²) in [6.45, 7) is 7.10. The quantitative estimate of drug-likeness (QED) is 0.652. The van der Waals surface area contributed by atoms with Crippen LogP contribution in [0.4, 0.5) is 0 Å². The van der Waals surface area contributed by atoms with Crippen LogP contribution in [0.5, 0.6) is 0 Å². The highest BCUT2D eigenvalue weighted by atomic mass is 15.1. The van der Waals surface area contributed by atoms with Crippen LogP contribution in [0.2, 0.25) is 0 Å². The molecule has 0 spiro atoms. The number of rotatable bonds is 0. The monoisotopic (exact) mass is 218 g/mol. The van der Waals surface area contributed by atoms with Crippen molar-refractivity contribution in [1.82, 2.24) is 9.55 Å². The van der Waals surface area contributed by atoms with E-state index in [1.165, 1.54) is 43.6 Å². The summed E-state index contributed by atoms with van der Waals surface area (Å²) < 4.78 is 2.56. The Bertz CT molecular complexity index is 405. The Morgan fingerprint density at radius 3 is 2.88 bits per heavy atom. The van der Waals surface area contributed by atoms with Crippen LogP contribution >= 0.6 is 0 Å². The van der Waals surface area contributed by atoms with Crippen LogP contribution in [0.1, 0.15) is 69.2 Å². The number of fused-ring (bicyclic) bond motifs is 3. The van der Waals surface area contributed by atoms with Gasteiger partial charge in [0.25, 0.3) is 0 Å². The SMILES string of the molecule is CC1Cc2nc3n(c2C(C)C1)C(C)CCC3.